The van der Waals surface area contributed by atoms with Gasteiger partial charge >= 0.3 is 0 Å². The third kappa shape index (κ3) is 10.8. The van der Waals surface area contributed by atoms with Crippen LogP contribution in [-0.4, -0.2) is 19.3 Å². The Bertz CT molecular complexity index is 48.9. The fraction of sp³-hybridized carbons (Fsp3) is 0.333. The van der Waals surface area contributed by atoms with Crippen molar-refractivity contribution in [1.82, 2.24) is 0 Å². The fourth-order valence-corrected chi connectivity index (χ4v) is 0.0874. The Morgan fingerprint density at radius 1 is 1.71 bits per heavy atom. The maximum absolute atomic E-state index is 9.24. The van der Waals surface area contributed by atoms with Crippen LogP contribution in [-0.2, 0) is 9.53 Å². The zero-order valence-corrected chi connectivity index (χ0v) is 4.40. The summed E-state index contributed by atoms with van der Waals surface area (Å²) < 4.78 is 4.06. The minimum absolute atomic E-state index is 0. The highest BCUT2D eigenvalue weighted by Crippen LogP contribution is 1.54. The van der Waals surface area contributed by atoms with Crippen molar-refractivity contribution in [2.45, 2.75) is 0 Å². The molecule has 0 aliphatic rings. The summed E-state index contributed by atoms with van der Waals surface area (Å²) in [6.45, 7) is 0.397. The van der Waals surface area contributed by atoms with Crippen molar-refractivity contribution in [3.63, 3.8) is 0 Å². The summed E-state index contributed by atoms with van der Waals surface area (Å²) in [5.41, 5.74) is 0. The molecule has 0 aromatic rings. The van der Waals surface area contributed by atoms with Crippen molar-refractivity contribution in [3.05, 3.63) is 0 Å². The third-order valence-electron chi connectivity index (χ3n) is 0.248. The molecule has 3 nitrogen and oxygen atoms in total. The molecule has 0 atom stereocenters. The molecule has 0 radical (unpaired) electrons. The first-order valence-electron chi connectivity index (χ1n) is 1.46. The monoisotopic (exact) mass is 123 g/mol. The molecule has 0 saturated carbocycles. The summed E-state index contributed by atoms with van der Waals surface area (Å²) >= 11 is 0. The van der Waals surface area contributed by atoms with Crippen molar-refractivity contribution >= 4 is 25.1 Å². The van der Waals surface area contributed by atoms with E-state index in [4.69, 9.17) is 5.41 Å². The van der Waals surface area contributed by atoms with Gasteiger partial charge in [0, 0.05) is 6.21 Å². The maximum atomic E-state index is 9.24. The summed E-state index contributed by atoms with van der Waals surface area (Å²) in [4.78, 5) is 9.24. The summed E-state index contributed by atoms with van der Waals surface area (Å²) in [5.74, 6) is 0. The lowest BCUT2D eigenvalue weighted by Crippen LogP contribution is -1.89. The minimum atomic E-state index is 0. The highest BCUT2D eigenvalue weighted by molar-refractivity contribution is 5.85. The van der Waals surface area contributed by atoms with E-state index in [0.717, 1.165) is 6.21 Å². The number of halogens is 1. The lowest BCUT2D eigenvalue weighted by Gasteiger charge is -1.81. The van der Waals surface area contributed by atoms with E-state index >= 15 is 0 Å². The zero-order valence-electron chi connectivity index (χ0n) is 3.59. The van der Waals surface area contributed by atoms with E-state index in [1.54, 1.807) is 0 Å². The van der Waals surface area contributed by atoms with Crippen LogP contribution in [0.5, 0.6) is 0 Å². The van der Waals surface area contributed by atoms with Crippen molar-refractivity contribution in [3.8, 4) is 0 Å². The van der Waals surface area contributed by atoms with Gasteiger partial charge in [0.25, 0.3) is 6.47 Å². The van der Waals surface area contributed by atoms with Crippen LogP contribution in [0.4, 0.5) is 0 Å². The van der Waals surface area contributed by atoms with Crippen LogP contribution < -0.4 is 0 Å². The molecule has 0 aliphatic carbocycles. The number of carbonyl (C=O) groups excluding carboxylic acids is 1. The van der Waals surface area contributed by atoms with E-state index in [0.29, 0.717) is 6.47 Å². The molecule has 0 amide bonds. The second-order valence-corrected chi connectivity index (χ2v) is 0.634. The molecule has 0 saturated heterocycles. The summed E-state index contributed by atoms with van der Waals surface area (Å²) in [7, 11) is 0. The first kappa shape index (κ1) is 9.66. The minimum Gasteiger partial charge on any atom is -0.462 e. The fourth-order valence-electron chi connectivity index (χ4n) is 0.0874. The normalized spacial score (nSPS) is 5.71. The molecular formula is C3H6ClNO2. The average Bonchev–Trinajstić information content (AvgIpc) is 1.61. The summed E-state index contributed by atoms with van der Waals surface area (Å²) in [6.07, 6.45) is 1.01. The van der Waals surface area contributed by atoms with Gasteiger partial charge in [0.05, 0.1) is 0 Å². The lowest BCUT2D eigenvalue weighted by atomic mass is 10.8. The second kappa shape index (κ2) is 9.06. The maximum Gasteiger partial charge on any atom is 0.293 e. The first-order chi connectivity index (χ1) is 2.91. The molecule has 7 heavy (non-hydrogen) atoms. The number of nitrogens with one attached hydrogen (secondary N) is 1. The van der Waals surface area contributed by atoms with Gasteiger partial charge in [0.1, 0.15) is 6.61 Å². The summed E-state index contributed by atoms with van der Waals surface area (Å²) in [6, 6.07) is 0. The highest BCUT2D eigenvalue weighted by atomic mass is 35.5. The van der Waals surface area contributed by atoms with Crippen LogP contribution in [0.1, 0.15) is 0 Å². The number of hydrogen-bond donors (Lipinski definition) is 1. The predicted molar refractivity (Wildman–Crippen MR) is 28.0 cm³/mol. The third-order valence-corrected chi connectivity index (χ3v) is 0.248. The van der Waals surface area contributed by atoms with Gasteiger partial charge in [0.2, 0.25) is 0 Å². The Morgan fingerprint density at radius 3 is 2.43 bits per heavy atom. The molecule has 0 unspecified atom stereocenters. The molecule has 0 fully saturated rings. The van der Waals surface area contributed by atoms with Gasteiger partial charge in [-0.3, -0.25) is 4.79 Å². The quantitative estimate of drug-likeness (QED) is 0.332. The molecule has 0 rings (SSSR count). The molecule has 0 bridgehead atoms. The van der Waals surface area contributed by atoms with E-state index in [1.165, 1.54) is 0 Å². The number of hydrogen-bond acceptors (Lipinski definition) is 3. The van der Waals surface area contributed by atoms with Crippen LogP contribution in [0.25, 0.3) is 0 Å². The van der Waals surface area contributed by atoms with Gasteiger partial charge in [-0.25, -0.2) is 0 Å². The molecule has 0 heterocycles. The first-order valence-corrected chi connectivity index (χ1v) is 1.46. The van der Waals surface area contributed by atoms with Crippen LogP contribution in [0.3, 0.4) is 0 Å². The van der Waals surface area contributed by atoms with Gasteiger partial charge in [0.15, 0.2) is 0 Å². The van der Waals surface area contributed by atoms with Crippen LogP contribution in [0.2, 0.25) is 0 Å². The van der Waals surface area contributed by atoms with Crippen molar-refractivity contribution in [2.24, 2.45) is 0 Å². The van der Waals surface area contributed by atoms with Crippen LogP contribution >= 0.6 is 12.4 Å². The molecular weight excluding hydrogens is 117 g/mol. The van der Waals surface area contributed by atoms with Crippen molar-refractivity contribution in [1.29, 1.82) is 5.41 Å². The largest absolute Gasteiger partial charge is 0.462 e. The van der Waals surface area contributed by atoms with Crippen LogP contribution in [0, 0.1) is 5.41 Å². The van der Waals surface area contributed by atoms with Crippen molar-refractivity contribution in [2.75, 3.05) is 6.61 Å². The van der Waals surface area contributed by atoms with Gasteiger partial charge in [-0.15, -0.1) is 12.4 Å². The van der Waals surface area contributed by atoms with E-state index in [-0.39, 0.29) is 19.0 Å². The van der Waals surface area contributed by atoms with Gasteiger partial charge in [-0.1, -0.05) is 0 Å². The predicted octanol–water partition coefficient (Wildman–Crippen LogP) is 0.231. The van der Waals surface area contributed by atoms with Gasteiger partial charge < -0.3 is 10.1 Å². The smallest absolute Gasteiger partial charge is 0.293 e. The van der Waals surface area contributed by atoms with E-state index < -0.39 is 0 Å². The standard InChI is InChI=1S/C3H5NO2.ClH/c4-1-2-6-3-5;/h1,3-4H,2H2;1H. The van der Waals surface area contributed by atoms with E-state index in [1.807, 2.05) is 0 Å². The Kier molecular flexibility index (Phi) is 12.5. The van der Waals surface area contributed by atoms with Gasteiger partial charge in [-0.05, 0) is 0 Å². The molecule has 0 aromatic heterocycles. The van der Waals surface area contributed by atoms with Crippen molar-refractivity contribution < 1.29 is 9.53 Å². The average molecular weight is 124 g/mol. The summed E-state index contributed by atoms with van der Waals surface area (Å²) in [5, 5.41) is 6.30. The molecule has 0 aromatic carbocycles. The molecule has 0 aliphatic heterocycles. The van der Waals surface area contributed by atoms with E-state index in [9.17, 15) is 4.79 Å². The molecule has 4 heteroatoms. The second-order valence-electron chi connectivity index (χ2n) is 0.634. The number of ether oxygens (including phenoxy) is 1. The van der Waals surface area contributed by atoms with Gasteiger partial charge in [-0.2, -0.15) is 0 Å². The topological polar surface area (TPSA) is 50.1 Å². The highest BCUT2D eigenvalue weighted by Gasteiger charge is 1.67. The molecule has 1 N–H and O–H groups in total. The molecule has 0 spiro atoms. The number of carbonyl (C=O) groups is 1. The Balaban J connectivity index is 0. The Hall–Kier alpha value is -0.570. The van der Waals surface area contributed by atoms with Crippen LogP contribution in [0.15, 0.2) is 0 Å². The molecule has 42 valence electrons. The van der Waals surface area contributed by atoms with E-state index in [2.05, 4.69) is 4.74 Å². The Morgan fingerprint density at radius 2 is 2.29 bits per heavy atom. The number of rotatable bonds is 3. The zero-order chi connectivity index (χ0) is 4.83. The Labute approximate surface area is 47.6 Å². The SMILES string of the molecule is Cl.N=CCOC=O. The lowest BCUT2D eigenvalue weighted by molar-refractivity contribution is -0.127.